The summed E-state index contributed by atoms with van der Waals surface area (Å²) in [6.07, 6.45) is 1.99. The number of carbonyl (C=O) groups excluding carboxylic acids is 1. The lowest BCUT2D eigenvalue weighted by atomic mass is 10.0. The third kappa shape index (κ3) is 4.86. The molecule has 0 unspecified atom stereocenters. The normalized spacial score (nSPS) is 12.0. The summed E-state index contributed by atoms with van der Waals surface area (Å²) < 4.78 is 0. The molecule has 0 aliphatic heterocycles. The zero-order valence-electron chi connectivity index (χ0n) is 14.4. The van der Waals surface area contributed by atoms with Crippen LogP contribution in [0.2, 0.25) is 0 Å². The maximum atomic E-state index is 12.4. The molecule has 1 amide bonds. The SMILES string of the molecule is CCC[C@@H](NC(=O)CSc1ccc2ccccc2c1)c1ccccc1. The van der Waals surface area contributed by atoms with Crippen LogP contribution in [0.15, 0.2) is 77.7 Å². The zero-order chi connectivity index (χ0) is 17.5. The molecule has 128 valence electrons. The van der Waals surface area contributed by atoms with Crippen LogP contribution < -0.4 is 5.32 Å². The molecule has 2 nitrogen and oxygen atoms in total. The van der Waals surface area contributed by atoms with Crippen LogP contribution in [0.3, 0.4) is 0 Å². The van der Waals surface area contributed by atoms with E-state index in [-0.39, 0.29) is 11.9 Å². The van der Waals surface area contributed by atoms with Crippen molar-refractivity contribution in [2.24, 2.45) is 0 Å². The molecule has 0 aliphatic rings. The summed E-state index contributed by atoms with van der Waals surface area (Å²) in [7, 11) is 0. The first-order valence-electron chi connectivity index (χ1n) is 8.72. The molecule has 0 bridgehead atoms. The van der Waals surface area contributed by atoms with E-state index in [9.17, 15) is 4.79 Å². The van der Waals surface area contributed by atoms with Gasteiger partial charge in [-0.3, -0.25) is 4.79 Å². The lowest BCUT2D eigenvalue weighted by Gasteiger charge is -2.18. The van der Waals surface area contributed by atoms with Crippen molar-refractivity contribution in [1.29, 1.82) is 0 Å². The van der Waals surface area contributed by atoms with Gasteiger partial charge in [0.1, 0.15) is 0 Å². The summed E-state index contributed by atoms with van der Waals surface area (Å²) in [5.74, 6) is 0.520. The van der Waals surface area contributed by atoms with Crippen LogP contribution in [0.4, 0.5) is 0 Å². The highest BCUT2D eigenvalue weighted by atomic mass is 32.2. The number of amides is 1. The van der Waals surface area contributed by atoms with Gasteiger partial charge in [-0.25, -0.2) is 0 Å². The fraction of sp³-hybridized carbons (Fsp3) is 0.227. The number of thioether (sulfide) groups is 1. The van der Waals surface area contributed by atoms with Crippen molar-refractivity contribution in [2.45, 2.75) is 30.7 Å². The van der Waals surface area contributed by atoms with Crippen molar-refractivity contribution in [3.8, 4) is 0 Å². The van der Waals surface area contributed by atoms with Gasteiger partial charge in [-0.15, -0.1) is 11.8 Å². The van der Waals surface area contributed by atoms with Gasteiger partial charge in [0.25, 0.3) is 0 Å². The van der Waals surface area contributed by atoms with Crippen LogP contribution >= 0.6 is 11.8 Å². The Hall–Kier alpha value is -2.26. The molecule has 1 atom stereocenters. The van der Waals surface area contributed by atoms with Gasteiger partial charge in [0.2, 0.25) is 5.91 Å². The largest absolute Gasteiger partial charge is 0.349 e. The first-order valence-corrected chi connectivity index (χ1v) is 9.70. The fourth-order valence-electron chi connectivity index (χ4n) is 2.94. The minimum absolute atomic E-state index is 0.0838. The van der Waals surface area contributed by atoms with Gasteiger partial charge in [-0.2, -0.15) is 0 Å². The molecule has 0 radical (unpaired) electrons. The molecular weight excluding hydrogens is 326 g/mol. The molecule has 3 heteroatoms. The van der Waals surface area contributed by atoms with E-state index in [1.54, 1.807) is 11.8 Å². The minimum atomic E-state index is 0.0838. The van der Waals surface area contributed by atoms with E-state index in [2.05, 4.69) is 54.7 Å². The van der Waals surface area contributed by atoms with Crippen molar-refractivity contribution < 1.29 is 4.79 Å². The average molecular weight is 349 g/mol. The predicted molar refractivity (Wildman–Crippen MR) is 107 cm³/mol. The molecule has 0 spiro atoms. The van der Waals surface area contributed by atoms with Gasteiger partial charge in [-0.05, 0) is 34.9 Å². The lowest BCUT2D eigenvalue weighted by molar-refractivity contribution is -0.119. The maximum absolute atomic E-state index is 12.4. The molecule has 0 saturated carbocycles. The van der Waals surface area contributed by atoms with E-state index in [0.29, 0.717) is 5.75 Å². The summed E-state index contributed by atoms with van der Waals surface area (Å²) >= 11 is 1.59. The summed E-state index contributed by atoms with van der Waals surface area (Å²) in [5.41, 5.74) is 1.17. The summed E-state index contributed by atoms with van der Waals surface area (Å²) in [6, 6.07) is 24.9. The second kappa shape index (κ2) is 8.72. The number of nitrogens with one attached hydrogen (secondary N) is 1. The number of benzene rings is 3. The van der Waals surface area contributed by atoms with Crippen molar-refractivity contribution >= 4 is 28.4 Å². The highest BCUT2D eigenvalue weighted by Crippen LogP contribution is 2.24. The van der Waals surface area contributed by atoms with E-state index in [1.165, 1.54) is 16.3 Å². The minimum Gasteiger partial charge on any atom is -0.349 e. The predicted octanol–water partition coefficient (Wildman–Crippen LogP) is 5.59. The summed E-state index contributed by atoms with van der Waals surface area (Å²) in [4.78, 5) is 13.5. The third-order valence-corrected chi connectivity index (χ3v) is 5.20. The first kappa shape index (κ1) is 17.6. The van der Waals surface area contributed by atoms with Gasteiger partial charge < -0.3 is 5.32 Å². The molecule has 0 saturated heterocycles. The number of fused-ring (bicyclic) bond motifs is 1. The smallest absolute Gasteiger partial charge is 0.230 e. The van der Waals surface area contributed by atoms with Crippen LogP contribution in [0.25, 0.3) is 10.8 Å². The second-order valence-corrected chi connectivity index (χ2v) is 7.17. The number of rotatable bonds is 7. The Morgan fingerprint density at radius 2 is 1.68 bits per heavy atom. The Morgan fingerprint density at radius 1 is 0.960 bits per heavy atom. The van der Waals surface area contributed by atoms with E-state index < -0.39 is 0 Å². The van der Waals surface area contributed by atoms with Crippen LogP contribution in [0.1, 0.15) is 31.4 Å². The average Bonchev–Trinajstić information content (AvgIpc) is 2.66. The molecule has 3 rings (SSSR count). The molecular formula is C22H23NOS. The van der Waals surface area contributed by atoms with Gasteiger partial charge >= 0.3 is 0 Å². The van der Waals surface area contributed by atoms with Gasteiger partial charge in [0.05, 0.1) is 11.8 Å². The quantitative estimate of drug-likeness (QED) is 0.563. The van der Waals surface area contributed by atoms with Crippen molar-refractivity contribution in [1.82, 2.24) is 5.32 Å². The van der Waals surface area contributed by atoms with Crippen molar-refractivity contribution in [3.63, 3.8) is 0 Å². The number of hydrogen-bond donors (Lipinski definition) is 1. The fourth-order valence-corrected chi connectivity index (χ4v) is 3.69. The third-order valence-electron chi connectivity index (χ3n) is 4.21. The van der Waals surface area contributed by atoms with Crippen LogP contribution in [0.5, 0.6) is 0 Å². The summed E-state index contributed by atoms with van der Waals surface area (Å²) in [6.45, 7) is 2.14. The Labute approximate surface area is 153 Å². The molecule has 0 aliphatic carbocycles. The lowest BCUT2D eigenvalue weighted by Crippen LogP contribution is -2.29. The van der Waals surface area contributed by atoms with E-state index in [1.807, 2.05) is 30.3 Å². The summed E-state index contributed by atoms with van der Waals surface area (Å²) in [5, 5.41) is 5.62. The molecule has 25 heavy (non-hydrogen) atoms. The molecule has 0 aromatic heterocycles. The van der Waals surface area contributed by atoms with Crippen LogP contribution in [0, 0.1) is 0 Å². The van der Waals surface area contributed by atoms with E-state index in [0.717, 1.165) is 17.7 Å². The van der Waals surface area contributed by atoms with E-state index >= 15 is 0 Å². The van der Waals surface area contributed by atoms with Crippen LogP contribution in [-0.2, 0) is 4.79 Å². The Bertz CT molecular complexity index is 832. The van der Waals surface area contributed by atoms with Crippen molar-refractivity contribution in [2.75, 3.05) is 5.75 Å². The standard InChI is InChI=1S/C22H23NOS/c1-2-8-21(18-10-4-3-5-11-18)23-22(24)16-25-20-14-13-17-9-6-7-12-19(17)15-20/h3-7,9-15,21H,2,8,16H2,1H3,(H,23,24)/t21-/m1/s1. The second-order valence-electron chi connectivity index (χ2n) is 6.12. The Balaban J connectivity index is 1.60. The Kier molecular flexibility index (Phi) is 6.13. The highest BCUT2D eigenvalue weighted by Gasteiger charge is 2.13. The van der Waals surface area contributed by atoms with Gasteiger partial charge in [0, 0.05) is 4.90 Å². The van der Waals surface area contributed by atoms with E-state index in [4.69, 9.17) is 0 Å². The van der Waals surface area contributed by atoms with Gasteiger partial charge in [-0.1, -0.05) is 74.0 Å². The molecule has 3 aromatic rings. The van der Waals surface area contributed by atoms with Crippen LogP contribution in [-0.4, -0.2) is 11.7 Å². The molecule has 1 N–H and O–H groups in total. The number of carbonyl (C=O) groups is 1. The maximum Gasteiger partial charge on any atom is 0.230 e. The molecule has 3 aromatic carbocycles. The molecule has 0 fully saturated rings. The zero-order valence-corrected chi connectivity index (χ0v) is 15.3. The van der Waals surface area contributed by atoms with Crippen molar-refractivity contribution in [3.05, 3.63) is 78.4 Å². The highest BCUT2D eigenvalue weighted by molar-refractivity contribution is 8.00. The molecule has 0 heterocycles. The van der Waals surface area contributed by atoms with Gasteiger partial charge in [0.15, 0.2) is 0 Å². The monoisotopic (exact) mass is 349 g/mol. The first-order chi connectivity index (χ1) is 12.3. The Morgan fingerprint density at radius 3 is 2.44 bits per heavy atom. The topological polar surface area (TPSA) is 29.1 Å². The number of hydrogen-bond acceptors (Lipinski definition) is 2.